The average Bonchev–Trinajstić information content (AvgIpc) is 0.923. The second kappa shape index (κ2) is 78.2. The molecular weight excluding hydrogens is 1360 g/mol. The molecule has 0 amide bonds. The van der Waals surface area contributed by atoms with Crippen LogP contribution in [0.15, 0.2) is 182 Å². The Kier molecular flexibility index (Phi) is 74.3. The summed E-state index contributed by atoms with van der Waals surface area (Å²) in [6, 6.07) is 0. The highest BCUT2D eigenvalue weighted by molar-refractivity contribution is 7.47. The average molecular weight is 1510 g/mol. The van der Waals surface area contributed by atoms with Crippen molar-refractivity contribution < 1.29 is 75.8 Å². The fourth-order valence-corrected chi connectivity index (χ4v) is 11.6. The van der Waals surface area contributed by atoms with E-state index >= 15 is 0 Å². The zero-order valence-electron chi connectivity index (χ0n) is 65.1. The number of carbonyl (C=O) groups excluding carboxylic acids is 3. The molecule has 0 aromatic carbocycles. The SMILES string of the molecule is CC/C=C\C/C=C\C/C=C\C/C=C\C/C=C\C/C=C\CCCCCCCCC(=O)OCC(O)COP(=O)(O)OCC(O)COP(=O)(O)OCC(COC(=O)CCCCCCCCCCC/C=C\C/C=C\C/C=C\C/C=C\CCCCC)OC(=O)CCCCC/C=C\C/C=C\C/C=C\C/C=C\C/C=C\CC. The Balaban J connectivity index is 4.73. The quantitative estimate of drug-likeness (QED) is 0.0146. The summed E-state index contributed by atoms with van der Waals surface area (Å²) in [5.41, 5.74) is 0. The van der Waals surface area contributed by atoms with Gasteiger partial charge in [0, 0.05) is 19.3 Å². The molecule has 16 nitrogen and oxygen atoms in total. The lowest BCUT2D eigenvalue weighted by Gasteiger charge is -2.21. The number of rotatable bonds is 74. The molecule has 0 aliphatic rings. The maximum absolute atomic E-state index is 13.0. The van der Waals surface area contributed by atoms with Gasteiger partial charge >= 0.3 is 33.6 Å². The number of unbranched alkanes of at least 4 members (excludes halogenated alkanes) is 21. The molecule has 18 heteroatoms. The Labute approximate surface area is 636 Å². The predicted molar refractivity (Wildman–Crippen MR) is 435 cm³/mol. The van der Waals surface area contributed by atoms with Crippen molar-refractivity contribution >= 4 is 33.6 Å². The third kappa shape index (κ3) is 79.5. The monoisotopic (exact) mass is 1500 g/mol. The zero-order chi connectivity index (χ0) is 76.6. The van der Waals surface area contributed by atoms with Gasteiger partial charge in [0.1, 0.15) is 25.4 Å². The molecule has 4 N–H and O–H groups in total. The number of allylic oxidation sites excluding steroid dienone is 30. The normalized spacial score (nSPS) is 14.9. The van der Waals surface area contributed by atoms with Crippen LogP contribution in [0.4, 0.5) is 0 Å². The smallest absolute Gasteiger partial charge is 0.463 e. The summed E-state index contributed by atoms with van der Waals surface area (Å²) in [5, 5.41) is 20.6. The van der Waals surface area contributed by atoms with Crippen LogP contribution >= 0.6 is 15.6 Å². The van der Waals surface area contributed by atoms with Gasteiger partial charge in [0.15, 0.2) is 6.10 Å². The van der Waals surface area contributed by atoms with Gasteiger partial charge in [-0.1, -0.05) is 293 Å². The van der Waals surface area contributed by atoms with Gasteiger partial charge in [-0.05, 0) is 161 Å². The first-order chi connectivity index (χ1) is 51.2. The van der Waals surface area contributed by atoms with Crippen molar-refractivity contribution in [1.82, 2.24) is 0 Å². The number of ether oxygens (including phenoxy) is 3. The molecule has 105 heavy (non-hydrogen) atoms. The molecule has 0 fully saturated rings. The highest BCUT2D eigenvalue weighted by Gasteiger charge is 2.29. The molecule has 596 valence electrons. The Morgan fingerprint density at radius 2 is 0.505 bits per heavy atom. The van der Waals surface area contributed by atoms with E-state index in [0.717, 1.165) is 180 Å². The number of hydrogen-bond donors (Lipinski definition) is 4. The highest BCUT2D eigenvalue weighted by Crippen LogP contribution is 2.45. The van der Waals surface area contributed by atoms with Crippen molar-refractivity contribution in [2.24, 2.45) is 0 Å². The fourth-order valence-electron chi connectivity index (χ4n) is 10.1. The van der Waals surface area contributed by atoms with Crippen LogP contribution < -0.4 is 0 Å². The molecule has 0 rings (SSSR count). The Hall–Kier alpha value is -5.35. The number of aliphatic hydroxyl groups is 2. The van der Waals surface area contributed by atoms with Gasteiger partial charge in [0.2, 0.25) is 0 Å². The minimum atomic E-state index is -4.95. The van der Waals surface area contributed by atoms with Gasteiger partial charge in [-0.25, -0.2) is 9.13 Å². The van der Waals surface area contributed by atoms with Gasteiger partial charge < -0.3 is 34.2 Å². The largest absolute Gasteiger partial charge is 0.472 e. The second-order valence-electron chi connectivity index (χ2n) is 26.1. The second-order valence-corrected chi connectivity index (χ2v) is 29.0. The fraction of sp³-hybridized carbons (Fsp3) is 0.621. The minimum absolute atomic E-state index is 0.0569. The van der Waals surface area contributed by atoms with Crippen molar-refractivity contribution in [2.75, 3.05) is 39.6 Å². The van der Waals surface area contributed by atoms with Gasteiger partial charge in [-0.15, -0.1) is 0 Å². The van der Waals surface area contributed by atoms with E-state index in [2.05, 4.69) is 203 Å². The van der Waals surface area contributed by atoms with Crippen molar-refractivity contribution in [3.63, 3.8) is 0 Å². The molecule has 0 aromatic heterocycles. The van der Waals surface area contributed by atoms with Crippen LogP contribution in [0.1, 0.15) is 290 Å². The van der Waals surface area contributed by atoms with E-state index < -0.39 is 91.5 Å². The van der Waals surface area contributed by atoms with E-state index in [4.69, 9.17) is 32.3 Å². The van der Waals surface area contributed by atoms with Crippen LogP contribution in [0.3, 0.4) is 0 Å². The van der Waals surface area contributed by atoms with Crippen LogP contribution in [-0.4, -0.2) is 95.9 Å². The van der Waals surface area contributed by atoms with Gasteiger partial charge in [-0.3, -0.25) is 32.5 Å². The van der Waals surface area contributed by atoms with Gasteiger partial charge in [-0.2, -0.15) is 0 Å². The molecule has 5 atom stereocenters. The summed E-state index contributed by atoms with van der Waals surface area (Å²) in [4.78, 5) is 58.7. The maximum Gasteiger partial charge on any atom is 0.472 e. The Morgan fingerprint density at radius 3 is 0.810 bits per heavy atom. The Morgan fingerprint density at radius 1 is 0.276 bits per heavy atom. The Bertz CT molecular complexity index is 2640. The van der Waals surface area contributed by atoms with E-state index in [9.17, 15) is 43.5 Å². The third-order valence-corrected chi connectivity index (χ3v) is 18.0. The summed E-state index contributed by atoms with van der Waals surface area (Å²) in [5.74, 6) is -1.64. The van der Waals surface area contributed by atoms with Gasteiger partial charge in [0.05, 0.1) is 26.4 Å². The number of phosphoric acid groups is 2. The van der Waals surface area contributed by atoms with Crippen LogP contribution in [0.2, 0.25) is 0 Å². The third-order valence-electron chi connectivity index (χ3n) is 16.1. The molecule has 0 aliphatic carbocycles. The maximum atomic E-state index is 13.0. The first-order valence-electron chi connectivity index (χ1n) is 40.1. The van der Waals surface area contributed by atoms with Crippen LogP contribution in [0, 0.1) is 0 Å². The number of esters is 3. The number of carbonyl (C=O) groups is 3. The first-order valence-corrected chi connectivity index (χ1v) is 43.1. The highest BCUT2D eigenvalue weighted by atomic mass is 31.2. The molecule has 0 heterocycles. The molecular formula is C87H142O16P2. The van der Waals surface area contributed by atoms with Crippen molar-refractivity contribution in [3.8, 4) is 0 Å². The van der Waals surface area contributed by atoms with E-state index in [0.29, 0.717) is 19.3 Å². The lowest BCUT2D eigenvalue weighted by molar-refractivity contribution is -0.161. The van der Waals surface area contributed by atoms with Crippen molar-refractivity contribution in [2.45, 2.75) is 309 Å². The van der Waals surface area contributed by atoms with Crippen LogP contribution in [0.25, 0.3) is 0 Å². The lowest BCUT2D eigenvalue weighted by atomic mass is 10.1. The van der Waals surface area contributed by atoms with E-state index in [1.807, 2.05) is 0 Å². The predicted octanol–water partition coefficient (Wildman–Crippen LogP) is 23.8. The molecule has 0 saturated carbocycles. The lowest BCUT2D eigenvalue weighted by Crippen LogP contribution is -2.30. The summed E-state index contributed by atoms with van der Waals surface area (Å²) in [6.45, 7) is 2.35. The summed E-state index contributed by atoms with van der Waals surface area (Å²) in [6.07, 6.45) is 101. The van der Waals surface area contributed by atoms with Gasteiger partial charge in [0.25, 0.3) is 0 Å². The molecule has 0 aromatic rings. The topological polar surface area (TPSA) is 231 Å². The molecule has 0 bridgehead atoms. The summed E-state index contributed by atoms with van der Waals surface area (Å²) in [7, 11) is -9.83. The van der Waals surface area contributed by atoms with E-state index in [-0.39, 0.29) is 19.3 Å². The van der Waals surface area contributed by atoms with Crippen LogP contribution in [-0.2, 0) is 55.8 Å². The van der Waals surface area contributed by atoms with Crippen LogP contribution in [0.5, 0.6) is 0 Å². The molecule has 0 radical (unpaired) electrons. The molecule has 0 aliphatic heterocycles. The summed E-state index contributed by atoms with van der Waals surface area (Å²) < 4.78 is 61.2. The first kappa shape index (κ1) is 99.7. The van der Waals surface area contributed by atoms with Crippen molar-refractivity contribution in [1.29, 1.82) is 0 Å². The van der Waals surface area contributed by atoms with E-state index in [1.165, 1.54) is 51.4 Å². The van der Waals surface area contributed by atoms with Crippen molar-refractivity contribution in [3.05, 3.63) is 182 Å². The molecule has 5 unspecified atom stereocenters. The minimum Gasteiger partial charge on any atom is -0.463 e. The molecule has 0 saturated heterocycles. The number of aliphatic hydroxyl groups excluding tert-OH is 2. The molecule has 0 spiro atoms. The number of phosphoric ester groups is 2. The zero-order valence-corrected chi connectivity index (χ0v) is 66.9. The standard InChI is InChI=1S/C87H142O16P2/c1-4-7-10-13-16-19-22-25-28-31-34-36-38-40-42-44-47-49-52-55-58-61-64-67-70-73-85(90)97-76-82(88)77-99-104(93,94)100-78-83(89)79-101-105(95,96)102-81-84(103-87(92)75-72-69-66-63-60-57-54-51-46-33-30-27-24-21-18-15-12-9-6-3)80-98-86(91)74-71-68-65-62-59-56-53-50-48-45-43-41-39-37-35-32-29-26-23-20-17-14-11-8-5-2/h7,9-10,12,16-21,25-30,34-37,40-43,46-47,49,51,57,60,82-84,88-89H,4-6,8,11,13-15,22-24,31-33,38-39,44-45,48,50,52-56,58-59,61-81H2,1-3H3,(H,93,94)(H,95,96)/b10-7-,12-9-,19-16-,20-17-,21-18-,28-25-,29-26-,30-27-,36-34-,37-35-,42-40-,43-41-,49-47-,51-46-,60-57-. The van der Waals surface area contributed by atoms with E-state index in [1.54, 1.807) is 0 Å². The number of hydrogen-bond acceptors (Lipinski definition) is 14. The summed E-state index contributed by atoms with van der Waals surface area (Å²) >= 11 is 0.